The molecule has 6 nitrogen and oxygen atoms in total. The first kappa shape index (κ1) is 20.5. The summed E-state index contributed by atoms with van der Waals surface area (Å²) in [7, 11) is 1.48. The number of hydrogen-bond donors (Lipinski definition) is 2. The van der Waals surface area contributed by atoms with Crippen molar-refractivity contribution >= 4 is 22.6 Å². The number of rotatable bonds is 6. The minimum absolute atomic E-state index is 0.0239. The maximum Gasteiger partial charge on any atom is 0.389 e. The first-order chi connectivity index (χ1) is 12.6. The maximum absolute atomic E-state index is 12.4. The van der Waals surface area contributed by atoms with Gasteiger partial charge in [-0.25, -0.2) is 0 Å². The summed E-state index contributed by atoms with van der Waals surface area (Å²) in [6.45, 7) is 1.57. The average Bonchev–Trinajstić information content (AvgIpc) is 2.60. The number of amides is 2. The number of pyridine rings is 1. The van der Waals surface area contributed by atoms with Crippen LogP contribution in [0.15, 0.2) is 35.1 Å². The Morgan fingerprint density at radius 1 is 1.22 bits per heavy atom. The number of nitrogens with one attached hydrogen (secondary N) is 2. The zero-order chi connectivity index (χ0) is 20.2. The first-order valence-electron chi connectivity index (χ1n) is 8.31. The molecule has 27 heavy (non-hydrogen) atoms. The van der Waals surface area contributed by atoms with Crippen molar-refractivity contribution in [2.45, 2.75) is 32.0 Å². The predicted molar refractivity (Wildman–Crippen MR) is 94.4 cm³/mol. The summed E-state index contributed by atoms with van der Waals surface area (Å²) >= 11 is 0. The normalized spacial score (nSPS) is 12.6. The summed E-state index contributed by atoms with van der Waals surface area (Å²) < 4.78 is 37.5. The number of carbonyl (C=O) groups is 2. The Hall–Kier alpha value is -2.84. The van der Waals surface area contributed by atoms with E-state index >= 15 is 0 Å². The van der Waals surface area contributed by atoms with Gasteiger partial charge in [0.05, 0.1) is 6.42 Å². The molecule has 0 saturated carbocycles. The van der Waals surface area contributed by atoms with Gasteiger partial charge in [-0.3, -0.25) is 14.4 Å². The molecule has 146 valence electrons. The molecule has 1 atom stereocenters. The molecule has 1 heterocycles. The molecule has 0 unspecified atom stereocenters. The number of nitrogens with zero attached hydrogens (tertiary/aromatic N) is 1. The molecule has 2 rings (SSSR count). The highest BCUT2D eigenvalue weighted by molar-refractivity contribution is 5.96. The molecule has 0 radical (unpaired) electrons. The highest BCUT2D eigenvalue weighted by Gasteiger charge is 2.27. The summed E-state index contributed by atoms with van der Waals surface area (Å²) in [5, 5.41) is 6.08. The summed E-state index contributed by atoms with van der Waals surface area (Å²) in [4.78, 5) is 36.2. The zero-order valence-electron chi connectivity index (χ0n) is 14.9. The van der Waals surface area contributed by atoms with E-state index in [2.05, 4.69) is 10.6 Å². The van der Waals surface area contributed by atoms with E-state index < -0.39 is 36.9 Å². The molecule has 0 aliphatic heterocycles. The van der Waals surface area contributed by atoms with E-state index in [0.717, 1.165) is 0 Å². The largest absolute Gasteiger partial charge is 0.389 e. The second-order valence-corrected chi connectivity index (χ2v) is 6.27. The molecule has 0 fully saturated rings. The summed E-state index contributed by atoms with van der Waals surface area (Å²) in [6.07, 6.45) is -6.25. The lowest BCUT2D eigenvalue weighted by Gasteiger charge is -2.17. The van der Waals surface area contributed by atoms with Gasteiger partial charge in [-0.1, -0.05) is 18.2 Å². The van der Waals surface area contributed by atoms with Crippen molar-refractivity contribution in [1.29, 1.82) is 0 Å². The predicted octanol–water partition coefficient (Wildman–Crippen LogP) is 2.12. The molecule has 2 N–H and O–H groups in total. The first-order valence-corrected chi connectivity index (χ1v) is 8.31. The van der Waals surface area contributed by atoms with Crippen molar-refractivity contribution < 1.29 is 22.8 Å². The highest BCUT2D eigenvalue weighted by atomic mass is 19.4. The third kappa shape index (κ3) is 5.57. The lowest BCUT2D eigenvalue weighted by atomic mass is 10.1. The third-order valence-corrected chi connectivity index (χ3v) is 4.00. The van der Waals surface area contributed by atoms with Crippen molar-refractivity contribution in [3.63, 3.8) is 0 Å². The smallest absolute Gasteiger partial charge is 0.354 e. The van der Waals surface area contributed by atoms with Gasteiger partial charge in [-0.05, 0) is 24.4 Å². The van der Waals surface area contributed by atoms with Gasteiger partial charge in [0.1, 0.15) is 5.69 Å². The second kappa shape index (κ2) is 8.24. The van der Waals surface area contributed by atoms with Gasteiger partial charge in [-0.2, -0.15) is 13.2 Å². The van der Waals surface area contributed by atoms with Crippen molar-refractivity contribution in [3.05, 3.63) is 46.4 Å². The van der Waals surface area contributed by atoms with Crippen molar-refractivity contribution in [1.82, 2.24) is 15.2 Å². The second-order valence-electron chi connectivity index (χ2n) is 6.27. The molecule has 2 aromatic rings. The molecule has 0 saturated heterocycles. The Morgan fingerprint density at radius 3 is 2.56 bits per heavy atom. The molecule has 2 amide bonds. The molecule has 1 aromatic heterocycles. The number of alkyl halides is 3. The van der Waals surface area contributed by atoms with Gasteiger partial charge < -0.3 is 15.2 Å². The molecule has 1 aromatic carbocycles. The molecule has 0 aliphatic rings. The molecular weight excluding hydrogens is 363 g/mol. The van der Waals surface area contributed by atoms with E-state index in [1.54, 1.807) is 37.3 Å². The lowest BCUT2D eigenvalue weighted by molar-refractivity contribution is -0.144. The van der Waals surface area contributed by atoms with Crippen molar-refractivity contribution in [3.8, 4) is 0 Å². The van der Waals surface area contributed by atoms with Gasteiger partial charge in [0, 0.05) is 31.4 Å². The van der Waals surface area contributed by atoms with Crippen LogP contribution in [0.4, 0.5) is 13.2 Å². The Bertz CT molecular complexity index is 906. The molecule has 0 spiro atoms. The van der Waals surface area contributed by atoms with Gasteiger partial charge in [0.15, 0.2) is 0 Å². The maximum atomic E-state index is 12.4. The van der Waals surface area contributed by atoms with Crippen molar-refractivity contribution in [2.24, 2.45) is 7.05 Å². The van der Waals surface area contributed by atoms with Gasteiger partial charge in [-0.15, -0.1) is 0 Å². The van der Waals surface area contributed by atoms with Crippen LogP contribution in [0, 0.1) is 0 Å². The van der Waals surface area contributed by atoms with E-state index in [0.29, 0.717) is 10.8 Å². The van der Waals surface area contributed by atoms with Crippen LogP contribution < -0.4 is 16.2 Å². The summed E-state index contributed by atoms with van der Waals surface area (Å²) in [5.41, 5.74) is -0.166. The Morgan fingerprint density at radius 2 is 1.89 bits per heavy atom. The number of carbonyl (C=O) groups excluding carboxylic acids is 2. The molecule has 0 aliphatic carbocycles. The highest BCUT2D eigenvalue weighted by Crippen LogP contribution is 2.20. The van der Waals surface area contributed by atoms with E-state index in [1.807, 2.05) is 0 Å². The zero-order valence-corrected chi connectivity index (χ0v) is 14.9. The number of benzene rings is 1. The Labute approximate surface area is 153 Å². The number of halogens is 3. The Balaban J connectivity index is 1.99. The fourth-order valence-corrected chi connectivity index (χ4v) is 2.53. The SMILES string of the molecule is C[C@@H](CNC(=O)CCC(F)(F)F)NC(=O)c1cc2ccccc2c(=O)n1C. The van der Waals surface area contributed by atoms with Crippen LogP contribution in [0.25, 0.3) is 10.8 Å². The van der Waals surface area contributed by atoms with Crippen LogP contribution in [0.2, 0.25) is 0 Å². The number of fused-ring (bicyclic) bond motifs is 1. The fourth-order valence-electron chi connectivity index (χ4n) is 2.53. The molecule has 0 bridgehead atoms. The van der Waals surface area contributed by atoms with Crippen LogP contribution in [0.5, 0.6) is 0 Å². The van der Waals surface area contributed by atoms with E-state index in [-0.39, 0.29) is 17.8 Å². The summed E-state index contributed by atoms with van der Waals surface area (Å²) in [6, 6.07) is 7.92. The fraction of sp³-hybridized carbons (Fsp3) is 0.389. The molecular formula is C18H20F3N3O3. The van der Waals surface area contributed by atoms with Gasteiger partial charge >= 0.3 is 6.18 Å². The van der Waals surface area contributed by atoms with Gasteiger partial charge in [0.25, 0.3) is 11.5 Å². The lowest BCUT2D eigenvalue weighted by Crippen LogP contribution is -2.43. The van der Waals surface area contributed by atoms with Crippen LogP contribution >= 0.6 is 0 Å². The number of aromatic nitrogens is 1. The van der Waals surface area contributed by atoms with E-state index in [4.69, 9.17) is 0 Å². The Kier molecular flexibility index (Phi) is 6.24. The summed E-state index contributed by atoms with van der Waals surface area (Å²) in [5.74, 6) is -1.26. The standard InChI is InChI=1S/C18H20F3N3O3/c1-11(10-22-15(25)7-8-18(19,20)21)23-16(26)14-9-12-5-3-4-6-13(12)17(27)24(14)2/h3-6,9,11H,7-8,10H2,1-2H3,(H,22,25)(H,23,26)/t11-/m0/s1. The average molecular weight is 383 g/mol. The van der Waals surface area contributed by atoms with Crippen LogP contribution in [0.3, 0.4) is 0 Å². The third-order valence-electron chi connectivity index (χ3n) is 4.00. The van der Waals surface area contributed by atoms with E-state index in [1.165, 1.54) is 11.6 Å². The van der Waals surface area contributed by atoms with E-state index in [9.17, 15) is 27.6 Å². The van der Waals surface area contributed by atoms with Gasteiger partial charge in [0.2, 0.25) is 5.91 Å². The minimum atomic E-state index is -4.39. The number of hydrogen-bond acceptors (Lipinski definition) is 3. The van der Waals surface area contributed by atoms with Crippen molar-refractivity contribution in [2.75, 3.05) is 6.54 Å². The minimum Gasteiger partial charge on any atom is -0.354 e. The topological polar surface area (TPSA) is 80.2 Å². The van der Waals surface area contributed by atoms with Crippen LogP contribution in [0.1, 0.15) is 30.3 Å². The monoisotopic (exact) mass is 383 g/mol. The van der Waals surface area contributed by atoms with Crippen LogP contribution in [-0.2, 0) is 11.8 Å². The quantitative estimate of drug-likeness (QED) is 0.802. The molecule has 9 heteroatoms. The van der Waals surface area contributed by atoms with Crippen LogP contribution in [-0.4, -0.2) is 35.1 Å².